The van der Waals surface area contributed by atoms with E-state index in [1.54, 1.807) is 13.0 Å². The van der Waals surface area contributed by atoms with E-state index in [-0.39, 0.29) is 23.3 Å². The van der Waals surface area contributed by atoms with Gasteiger partial charge < -0.3 is 4.74 Å². The number of hydrogen-bond acceptors (Lipinski definition) is 3. The molecule has 0 aliphatic heterocycles. The molecule has 0 aromatic carbocycles. The number of carbonyl (C=O) groups excluding carboxylic acids is 1. The van der Waals surface area contributed by atoms with E-state index in [4.69, 9.17) is 4.74 Å². The lowest BCUT2D eigenvalue weighted by Gasteiger charge is -2.10. The van der Waals surface area contributed by atoms with Crippen LogP contribution < -0.4 is 0 Å². The van der Waals surface area contributed by atoms with E-state index in [9.17, 15) is 13.6 Å². The second kappa shape index (κ2) is 6.05. The number of carbonyl (C=O) groups is 1. The summed E-state index contributed by atoms with van der Waals surface area (Å²) in [6.07, 6.45) is -2.69. The number of alkyl halides is 2. The summed E-state index contributed by atoms with van der Waals surface area (Å²) in [5.74, 6) is -0.436. The lowest BCUT2D eigenvalue weighted by atomic mass is 10.1. The first-order valence-electron chi connectivity index (χ1n) is 5.05. The molecule has 0 saturated heterocycles. The van der Waals surface area contributed by atoms with Gasteiger partial charge in [-0.25, -0.2) is 13.8 Å². The van der Waals surface area contributed by atoms with Gasteiger partial charge in [0.1, 0.15) is 10.3 Å². The Labute approximate surface area is 106 Å². The van der Waals surface area contributed by atoms with E-state index in [1.165, 1.54) is 6.92 Å². The summed E-state index contributed by atoms with van der Waals surface area (Å²) >= 11 is 3.05. The van der Waals surface area contributed by atoms with Crippen LogP contribution in [-0.4, -0.2) is 17.6 Å². The molecule has 0 amide bonds. The van der Waals surface area contributed by atoms with Gasteiger partial charge in [-0.05, 0) is 47.0 Å². The quantitative estimate of drug-likeness (QED) is 0.633. The molecule has 1 heterocycles. The molecule has 6 heteroatoms. The Morgan fingerprint density at radius 3 is 2.76 bits per heavy atom. The van der Waals surface area contributed by atoms with Gasteiger partial charge in [0.15, 0.2) is 0 Å². The largest absolute Gasteiger partial charge is 0.466 e. The first-order chi connectivity index (χ1) is 7.95. The van der Waals surface area contributed by atoms with Gasteiger partial charge in [0.05, 0.1) is 13.0 Å². The summed E-state index contributed by atoms with van der Waals surface area (Å²) in [4.78, 5) is 15.0. The molecule has 0 aliphatic carbocycles. The van der Waals surface area contributed by atoms with E-state index in [0.717, 1.165) is 0 Å². The normalized spacial score (nSPS) is 10.7. The van der Waals surface area contributed by atoms with Gasteiger partial charge in [-0.3, -0.25) is 4.79 Å². The molecule has 0 bridgehead atoms. The van der Waals surface area contributed by atoms with Crippen molar-refractivity contribution in [2.75, 3.05) is 6.61 Å². The molecule has 94 valence electrons. The number of hydrogen-bond donors (Lipinski definition) is 0. The predicted octanol–water partition coefficient (Wildman–Crippen LogP) is 3.20. The summed E-state index contributed by atoms with van der Waals surface area (Å²) in [6.45, 7) is 3.49. The van der Waals surface area contributed by atoms with Crippen molar-refractivity contribution in [1.82, 2.24) is 4.98 Å². The second-order valence-electron chi connectivity index (χ2n) is 3.40. The molecule has 0 fully saturated rings. The molecule has 0 atom stereocenters. The summed E-state index contributed by atoms with van der Waals surface area (Å²) < 4.78 is 30.4. The van der Waals surface area contributed by atoms with Gasteiger partial charge in [-0.15, -0.1) is 0 Å². The molecular weight excluding hydrogens is 296 g/mol. The highest BCUT2D eigenvalue weighted by molar-refractivity contribution is 9.10. The third-order valence-electron chi connectivity index (χ3n) is 2.23. The van der Waals surface area contributed by atoms with E-state index in [1.807, 2.05) is 0 Å². The molecule has 1 aromatic rings. The van der Waals surface area contributed by atoms with Crippen LogP contribution in [0.15, 0.2) is 10.7 Å². The van der Waals surface area contributed by atoms with Gasteiger partial charge in [0.2, 0.25) is 0 Å². The topological polar surface area (TPSA) is 39.2 Å². The van der Waals surface area contributed by atoms with Crippen molar-refractivity contribution in [3.8, 4) is 0 Å². The summed E-state index contributed by atoms with van der Waals surface area (Å²) in [5.41, 5.74) is 0.524. The van der Waals surface area contributed by atoms with E-state index < -0.39 is 12.4 Å². The van der Waals surface area contributed by atoms with Gasteiger partial charge in [-0.1, -0.05) is 0 Å². The Morgan fingerprint density at radius 1 is 1.59 bits per heavy atom. The SMILES string of the molecule is CCOC(=O)Cc1cc(Br)nc(C(F)F)c1C. The third-order valence-corrected chi connectivity index (χ3v) is 2.64. The third kappa shape index (κ3) is 3.73. The number of halogens is 3. The highest BCUT2D eigenvalue weighted by Gasteiger charge is 2.18. The van der Waals surface area contributed by atoms with E-state index >= 15 is 0 Å². The summed E-state index contributed by atoms with van der Waals surface area (Å²) in [7, 11) is 0. The molecule has 0 unspecified atom stereocenters. The minimum Gasteiger partial charge on any atom is -0.466 e. The number of aromatic nitrogens is 1. The molecule has 0 N–H and O–H groups in total. The zero-order valence-corrected chi connectivity index (χ0v) is 11.1. The van der Waals surface area contributed by atoms with Crippen molar-refractivity contribution < 1.29 is 18.3 Å². The average molecular weight is 308 g/mol. The van der Waals surface area contributed by atoms with Crippen molar-refractivity contribution in [3.05, 3.63) is 27.5 Å². The van der Waals surface area contributed by atoms with Crippen LogP contribution in [0.1, 0.15) is 30.2 Å². The van der Waals surface area contributed by atoms with Gasteiger partial charge in [0.25, 0.3) is 6.43 Å². The molecule has 3 nitrogen and oxygen atoms in total. The smallest absolute Gasteiger partial charge is 0.310 e. The minimum atomic E-state index is -2.66. The van der Waals surface area contributed by atoms with Gasteiger partial charge in [0, 0.05) is 0 Å². The maximum Gasteiger partial charge on any atom is 0.310 e. The Kier molecular flexibility index (Phi) is 4.99. The fraction of sp³-hybridized carbons (Fsp3) is 0.455. The highest BCUT2D eigenvalue weighted by Crippen LogP contribution is 2.26. The van der Waals surface area contributed by atoms with Crippen LogP contribution in [0.3, 0.4) is 0 Å². The van der Waals surface area contributed by atoms with Crippen LogP contribution >= 0.6 is 15.9 Å². The van der Waals surface area contributed by atoms with Crippen LogP contribution in [0.5, 0.6) is 0 Å². The van der Waals surface area contributed by atoms with Crippen LogP contribution in [0.2, 0.25) is 0 Å². The Hall–Kier alpha value is -1.04. The number of esters is 1. The number of pyridine rings is 1. The van der Waals surface area contributed by atoms with Crippen molar-refractivity contribution in [3.63, 3.8) is 0 Å². The van der Waals surface area contributed by atoms with Crippen LogP contribution in [-0.2, 0) is 16.0 Å². The van der Waals surface area contributed by atoms with Crippen molar-refractivity contribution in [2.24, 2.45) is 0 Å². The molecule has 17 heavy (non-hydrogen) atoms. The Bertz CT molecular complexity index is 424. The molecule has 0 radical (unpaired) electrons. The molecule has 1 aromatic heterocycles. The Balaban J connectivity index is 3.03. The first kappa shape index (κ1) is 14.0. The maximum atomic E-state index is 12.7. The zero-order chi connectivity index (χ0) is 13.0. The predicted molar refractivity (Wildman–Crippen MR) is 62.0 cm³/mol. The second-order valence-corrected chi connectivity index (χ2v) is 4.21. The number of nitrogens with zero attached hydrogens (tertiary/aromatic N) is 1. The monoisotopic (exact) mass is 307 g/mol. The van der Waals surface area contributed by atoms with Crippen LogP contribution in [0.25, 0.3) is 0 Å². The van der Waals surface area contributed by atoms with Crippen molar-refractivity contribution in [1.29, 1.82) is 0 Å². The van der Waals surface area contributed by atoms with Crippen molar-refractivity contribution in [2.45, 2.75) is 26.7 Å². The molecule has 0 aliphatic rings. The Morgan fingerprint density at radius 2 is 2.24 bits per heavy atom. The summed E-state index contributed by atoms with van der Waals surface area (Å²) in [6, 6.07) is 1.55. The first-order valence-corrected chi connectivity index (χ1v) is 5.84. The fourth-order valence-corrected chi connectivity index (χ4v) is 1.88. The van der Waals surface area contributed by atoms with E-state index in [0.29, 0.717) is 11.1 Å². The lowest BCUT2D eigenvalue weighted by Crippen LogP contribution is -2.10. The highest BCUT2D eigenvalue weighted by atomic mass is 79.9. The molecular formula is C11H12BrF2NO2. The van der Waals surface area contributed by atoms with Crippen LogP contribution in [0, 0.1) is 6.92 Å². The van der Waals surface area contributed by atoms with E-state index in [2.05, 4.69) is 20.9 Å². The number of rotatable bonds is 4. The zero-order valence-electron chi connectivity index (χ0n) is 9.47. The lowest BCUT2D eigenvalue weighted by molar-refractivity contribution is -0.142. The minimum absolute atomic E-state index is 0.0273. The number of ether oxygens (including phenoxy) is 1. The van der Waals surface area contributed by atoms with Crippen molar-refractivity contribution >= 4 is 21.9 Å². The average Bonchev–Trinajstić information content (AvgIpc) is 2.22. The van der Waals surface area contributed by atoms with Gasteiger partial charge in [-0.2, -0.15) is 0 Å². The maximum absolute atomic E-state index is 12.7. The molecule has 0 spiro atoms. The molecule has 0 saturated carbocycles. The molecule has 1 rings (SSSR count). The van der Waals surface area contributed by atoms with Gasteiger partial charge >= 0.3 is 5.97 Å². The summed E-state index contributed by atoms with van der Waals surface area (Å²) in [5, 5.41) is 0. The van der Waals surface area contributed by atoms with Crippen LogP contribution in [0.4, 0.5) is 8.78 Å². The standard InChI is InChI=1S/C11H12BrF2NO2/c1-3-17-9(16)5-7-4-8(12)15-10(6(7)2)11(13)14/h4,11H,3,5H2,1-2H3. The fourth-order valence-electron chi connectivity index (χ4n) is 1.41.